The molecule has 1 fully saturated rings. The largest absolute Gasteiger partial charge is 0.307 e. The van der Waals surface area contributed by atoms with Crippen molar-refractivity contribution in [1.82, 2.24) is 15.2 Å². The van der Waals surface area contributed by atoms with E-state index < -0.39 is 0 Å². The van der Waals surface area contributed by atoms with Crippen LogP contribution in [0.3, 0.4) is 0 Å². The highest BCUT2D eigenvalue weighted by Gasteiger charge is 2.24. The maximum absolute atomic E-state index is 4.11. The molecule has 0 saturated carbocycles. The fraction of sp³-hybridized carbons (Fsp3) is 0.500. The molecule has 0 aromatic carbocycles. The standard InChI is InChI=1S/C18H25N3S/c1-14(18-4-3-13-22-18)20-17-7-11-21(12-8-17)15(2)16-5-9-19-10-6-16/h3-6,9-10,13-15,17,20H,7-8,11-12H2,1-2H3/t14-,15+/m0/s1. The van der Waals surface area contributed by atoms with Crippen LogP contribution in [0.15, 0.2) is 42.0 Å². The Morgan fingerprint density at radius 3 is 2.55 bits per heavy atom. The van der Waals surface area contributed by atoms with Gasteiger partial charge < -0.3 is 5.32 Å². The van der Waals surface area contributed by atoms with Crippen molar-refractivity contribution in [3.63, 3.8) is 0 Å². The van der Waals surface area contributed by atoms with Crippen LogP contribution in [0.4, 0.5) is 0 Å². The molecule has 2 aromatic rings. The summed E-state index contributed by atoms with van der Waals surface area (Å²) in [6.07, 6.45) is 6.24. The Balaban J connectivity index is 1.50. The van der Waals surface area contributed by atoms with Gasteiger partial charge in [0.2, 0.25) is 0 Å². The molecule has 2 atom stereocenters. The average Bonchev–Trinajstić information content (AvgIpc) is 3.10. The van der Waals surface area contributed by atoms with E-state index in [9.17, 15) is 0 Å². The molecule has 4 heteroatoms. The molecule has 3 rings (SSSR count). The zero-order valence-electron chi connectivity index (χ0n) is 13.4. The summed E-state index contributed by atoms with van der Waals surface area (Å²) in [6.45, 7) is 6.91. The summed E-state index contributed by atoms with van der Waals surface area (Å²) in [5.74, 6) is 0. The molecule has 0 spiro atoms. The van der Waals surface area contributed by atoms with E-state index in [0.717, 1.165) is 13.1 Å². The summed E-state index contributed by atoms with van der Waals surface area (Å²) in [5, 5.41) is 5.95. The van der Waals surface area contributed by atoms with Gasteiger partial charge in [0.15, 0.2) is 0 Å². The molecule has 0 aliphatic carbocycles. The van der Waals surface area contributed by atoms with Gasteiger partial charge in [0, 0.05) is 48.5 Å². The number of likely N-dealkylation sites (tertiary alicyclic amines) is 1. The second kappa shape index (κ2) is 7.36. The van der Waals surface area contributed by atoms with E-state index in [-0.39, 0.29) is 0 Å². The number of hydrogen-bond donors (Lipinski definition) is 1. The van der Waals surface area contributed by atoms with Crippen molar-refractivity contribution in [3.05, 3.63) is 52.5 Å². The van der Waals surface area contributed by atoms with Crippen LogP contribution in [0.5, 0.6) is 0 Å². The van der Waals surface area contributed by atoms with Crippen molar-refractivity contribution in [2.24, 2.45) is 0 Å². The minimum absolute atomic E-state index is 0.467. The van der Waals surface area contributed by atoms with Crippen LogP contribution < -0.4 is 5.32 Å². The van der Waals surface area contributed by atoms with Gasteiger partial charge in [0.05, 0.1) is 0 Å². The van der Waals surface area contributed by atoms with Crippen LogP contribution in [0, 0.1) is 0 Å². The first kappa shape index (κ1) is 15.7. The predicted molar refractivity (Wildman–Crippen MR) is 93.1 cm³/mol. The molecule has 0 bridgehead atoms. The lowest BCUT2D eigenvalue weighted by molar-refractivity contribution is 0.149. The Labute approximate surface area is 137 Å². The van der Waals surface area contributed by atoms with Crippen LogP contribution in [0.1, 0.15) is 49.2 Å². The first-order valence-electron chi connectivity index (χ1n) is 8.17. The third kappa shape index (κ3) is 3.75. The number of pyridine rings is 1. The van der Waals surface area contributed by atoms with E-state index in [1.807, 2.05) is 23.7 Å². The predicted octanol–water partition coefficient (Wildman–Crippen LogP) is 4.02. The number of nitrogens with zero attached hydrogens (tertiary/aromatic N) is 2. The zero-order valence-corrected chi connectivity index (χ0v) is 14.2. The highest BCUT2D eigenvalue weighted by Crippen LogP contribution is 2.25. The van der Waals surface area contributed by atoms with Gasteiger partial charge in [0.1, 0.15) is 0 Å². The smallest absolute Gasteiger partial charge is 0.0388 e. The summed E-state index contributed by atoms with van der Waals surface area (Å²) >= 11 is 1.84. The third-order valence-electron chi connectivity index (χ3n) is 4.72. The highest BCUT2D eigenvalue weighted by molar-refractivity contribution is 7.10. The number of nitrogens with one attached hydrogen (secondary N) is 1. The van der Waals surface area contributed by atoms with E-state index in [4.69, 9.17) is 0 Å². The molecule has 0 radical (unpaired) electrons. The van der Waals surface area contributed by atoms with Gasteiger partial charge in [-0.15, -0.1) is 11.3 Å². The zero-order chi connectivity index (χ0) is 15.4. The topological polar surface area (TPSA) is 28.2 Å². The first-order chi connectivity index (χ1) is 10.7. The van der Waals surface area contributed by atoms with Crippen molar-refractivity contribution in [2.75, 3.05) is 13.1 Å². The summed E-state index contributed by atoms with van der Waals surface area (Å²) in [5.41, 5.74) is 1.37. The Morgan fingerprint density at radius 2 is 1.91 bits per heavy atom. The molecule has 1 saturated heterocycles. The van der Waals surface area contributed by atoms with Crippen LogP contribution in [-0.2, 0) is 0 Å². The molecule has 118 valence electrons. The van der Waals surface area contributed by atoms with E-state index in [1.165, 1.54) is 23.3 Å². The lowest BCUT2D eigenvalue weighted by atomic mass is 10.00. The van der Waals surface area contributed by atoms with Gasteiger partial charge in [-0.25, -0.2) is 0 Å². The first-order valence-corrected chi connectivity index (χ1v) is 9.05. The number of aromatic nitrogens is 1. The van der Waals surface area contributed by atoms with Crippen LogP contribution in [0.25, 0.3) is 0 Å². The third-order valence-corrected chi connectivity index (χ3v) is 5.78. The van der Waals surface area contributed by atoms with Gasteiger partial charge >= 0.3 is 0 Å². The maximum Gasteiger partial charge on any atom is 0.0388 e. The average molecular weight is 315 g/mol. The quantitative estimate of drug-likeness (QED) is 0.903. The Hall–Kier alpha value is -1.23. The molecular formula is C18H25N3S. The maximum atomic E-state index is 4.11. The number of thiophene rings is 1. The summed E-state index contributed by atoms with van der Waals surface area (Å²) < 4.78 is 0. The molecule has 1 aliphatic heterocycles. The fourth-order valence-corrected chi connectivity index (χ4v) is 4.02. The minimum atomic E-state index is 0.467. The minimum Gasteiger partial charge on any atom is -0.307 e. The Kier molecular flexibility index (Phi) is 5.24. The van der Waals surface area contributed by atoms with E-state index in [0.29, 0.717) is 18.1 Å². The van der Waals surface area contributed by atoms with Gasteiger partial charge in [0.25, 0.3) is 0 Å². The molecule has 3 nitrogen and oxygen atoms in total. The van der Waals surface area contributed by atoms with Crippen molar-refractivity contribution < 1.29 is 0 Å². The molecular weight excluding hydrogens is 290 g/mol. The molecule has 0 unspecified atom stereocenters. The Morgan fingerprint density at radius 1 is 1.18 bits per heavy atom. The van der Waals surface area contributed by atoms with Gasteiger partial charge in [-0.1, -0.05) is 6.07 Å². The van der Waals surface area contributed by atoms with Crippen molar-refractivity contribution in [2.45, 2.75) is 44.8 Å². The van der Waals surface area contributed by atoms with Crippen LogP contribution >= 0.6 is 11.3 Å². The monoisotopic (exact) mass is 315 g/mol. The van der Waals surface area contributed by atoms with E-state index in [2.05, 4.69) is 58.7 Å². The van der Waals surface area contributed by atoms with E-state index >= 15 is 0 Å². The van der Waals surface area contributed by atoms with Gasteiger partial charge in [-0.3, -0.25) is 9.88 Å². The molecule has 1 N–H and O–H groups in total. The van der Waals surface area contributed by atoms with Gasteiger partial charge in [-0.2, -0.15) is 0 Å². The van der Waals surface area contributed by atoms with Gasteiger partial charge in [-0.05, 0) is 55.8 Å². The molecule has 2 aromatic heterocycles. The molecule has 0 amide bonds. The summed E-state index contributed by atoms with van der Waals surface area (Å²) in [7, 11) is 0. The van der Waals surface area contributed by atoms with Crippen LogP contribution in [0.2, 0.25) is 0 Å². The molecule has 1 aliphatic rings. The van der Waals surface area contributed by atoms with Crippen molar-refractivity contribution >= 4 is 11.3 Å². The van der Waals surface area contributed by atoms with E-state index in [1.54, 1.807) is 0 Å². The molecule has 22 heavy (non-hydrogen) atoms. The number of piperidine rings is 1. The fourth-order valence-electron chi connectivity index (χ4n) is 3.28. The van der Waals surface area contributed by atoms with Crippen molar-refractivity contribution in [1.29, 1.82) is 0 Å². The lowest BCUT2D eigenvalue weighted by Gasteiger charge is -2.37. The van der Waals surface area contributed by atoms with Crippen molar-refractivity contribution in [3.8, 4) is 0 Å². The molecule has 3 heterocycles. The number of rotatable bonds is 5. The SMILES string of the molecule is C[C@H](NC1CCN([C@H](C)c2ccncc2)CC1)c1cccs1. The normalized spacial score (nSPS) is 19.9. The second-order valence-corrected chi connectivity index (χ2v) is 7.15. The second-order valence-electron chi connectivity index (χ2n) is 6.17. The highest BCUT2D eigenvalue weighted by atomic mass is 32.1. The lowest BCUT2D eigenvalue weighted by Crippen LogP contribution is -2.43. The number of hydrogen-bond acceptors (Lipinski definition) is 4. The summed E-state index contributed by atoms with van der Waals surface area (Å²) in [4.78, 5) is 8.14. The van der Waals surface area contributed by atoms with Crippen LogP contribution in [-0.4, -0.2) is 29.0 Å². The summed E-state index contributed by atoms with van der Waals surface area (Å²) in [6, 6.07) is 10.2. The Bertz CT molecular complexity index is 547.